The Hall–Kier alpha value is -1.80. The summed E-state index contributed by atoms with van der Waals surface area (Å²) in [4.78, 5) is 11.0. The molecule has 2 aromatic rings. The van der Waals surface area contributed by atoms with Crippen LogP contribution in [0.3, 0.4) is 0 Å². The molecule has 1 aliphatic heterocycles. The lowest BCUT2D eigenvalue weighted by atomic mass is 10.2. The molecule has 7 nitrogen and oxygen atoms in total. The lowest BCUT2D eigenvalue weighted by Gasteiger charge is -2.17. The van der Waals surface area contributed by atoms with Gasteiger partial charge in [-0.2, -0.15) is 5.10 Å². The van der Waals surface area contributed by atoms with E-state index in [1.165, 1.54) is 0 Å². The Balaban J connectivity index is 1.59. The first-order valence-electron chi connectivity index (χ1n) is 8.01. The third-order valence-corrected chi connectivity index (χ3v) is 4.07. The second-order valence-corrected chi connectivity index (χ2v) is 6.45. The van der Waals surface area contributed by atoms with Crippen LogP contribution in [0.1, 0.15) is 49.8 Å². The molecule has 0 unspecified atom stereocenters. The van der Waals surface area contributed by atoms with Gasteiger partial charge in [-0.05, 0) is 20.9 Å². The van der Waals surface area contributed by atoms with Crippen molar-refractivity contribution in [1.29, 1.82) is 0 Å². The van der Waals surface area contributed by atoms with Gasteiger partial charge in [0.2, 0.25) is 0 Å². The Morgan fingerprint density at radius 3 is 2.96 bits per heavy atom. The summed E-state index contributed by atoms with van der Waals surface area (Å²) in [5.41, 5.74) is 0. The number of nitrogens with one attached hydrogen (secondary N) is 2. The Morgan fingerprint density at radius 1 is 1.43 bits per heavy atom. The van der Waals surface area contributed by atoms with Crippen LogP contribution in [-0.4, -0.2) is 49.4 Å². The molecule has 1 fully saturated rings. The molecule has 3 rings (SSSR count). The van der Waals surface area contributed by atoms with E-state index in [0.29, 0.717) is 31.4 Å². The van der Waals surface area contributed by atoms with Crippen LogP contribution in [0.15, 0.2) is 12.4 Å². The van der Waals surface area contributed by atoms with Gasteiger partial charge in [-0.3, -0.25) is 10.00 Å². The number of rotatable bonds is 6. The minimum absolute atomic E-state index is 0.0832. The maximum atomic E-state index is 13.2. The maximum absolute atomic E-state index is 13.2. The number of alkyl halides is 1. The van der Waals surface area contributed by atoms with Gasteiger partial charge < -0.3 is 9.88 Å². The van der Waals surface area contributed by atoms with Gasteiger partial charge in [-0.15, -0.1) is 0 Å². The zero-order chi connectivity index (χ0) is 16.4. The van der Waals surface area contributed by atoms with Crippen molar-refractivity contribution in [3.8, 4) is 0 Å². The number of hydrogen-bond acceptors (Lipinski definition) is 5. The van der Waals surface area contributed by atoms with Crippen LogP contribution >= 0.6 is 0 Å². The minimum Gasteiger partial charge on any atom is -0.331 e. The SMILES string of the molecule is CC(C)n1ccnc1CN(C)Cc1nc([C@H]2C[C@H](F)CN2)n[nH]1. The van der Waals surface area contributed by atoms with Crippen LogP contribution in [0.5, 0.6) is 0 Å². The fraction of sp³-hybridized carbons (Fsp3) is 0.667. The third kappa shape index (κ3) is 3.76. The predicted octanol–water partition coefficient (Wildman–Crippen LogP) is 1.59. The largest absolute Gasteiger partial charge is 0.331 e. The average molecular weight is 321 g/mol. The summed E-state index contributed by atoms with van der Waals surface area (Å²) in [5.74, 6) is 2.46. The monoisotopic (exact) mass is 321 g/mol. The van der Waals surface area contributed by atoms with E-state index in [1.807, 2.05) is 19.4 Å². The van der Waals surface area contributed by atoms with Crippen molar-refractivity contribution < 1.29 is 4.39 Å². The summed E-state index contributed by atoms with van der Waals surface area (Å²) in [6, 6.07) is 0.306. The molecule has 1 aliphatic rings. The number of hydrogen-bond donors (Lipinski definition) is 2. The van der Waals surface area contributed by atoms with E-state index in [4.69, 9.17) is 0 Å². The van der Waals surface area contributed by atoms with E-state index in [2.05, 4.69) is 48.8 Å². The summed E-state index contributed by atoms with van der Waals surface area (Å²) >= 11 is 0. The van der Waals surface area contributed by atoms with E-state index in [0.717, 1.165) is 18.2 Å². The highest BCUT2D eigenvalue weighted by Crippen LogP contribution is 2.22. The molecule has 0 amide bonds. The van der Waals surface area contributed by atoms with E-state index < -0.39 is 6.17 Å². The van der Waals surface area contributed by atoms with Crippen LogP contribution in [0.25, 0.3) is 0 Å². The topological polar surface area (TPSA) is 74.7 Å². The van der Waals surface area contributed by atoms with Gasteiger partial charge in [0.15, 0.2) is 5.82 Å². The number of aromatic amines is 1. The normalized spacial score (nSPS) is 21.7. The fourth-order valence-corrected chi connectivity index (χ4v) is 2.92. The van der Waals surface area contributed by atoms with Crippen molar-refractivity contribution in [3.05, 3.63) is 29.9 Å². The predicted molar refractivity (Wildman–Crippen MR) is 84.4 cm³/mol. The van der Waals surface area contributed by atoms with Crippen molar-refractivity contribution in [2.24, 2.45) is 0 Å². The van der Waals surface area contributed by atoms with Gasteiger partial charge in [0.25, 0.3) is 0 Å². The van der Waals surface area contributed by atoms with E-state index >= 15 is 0 Å². The van der Waals surface area contributed by atoms with Gasteiger partial charge in [0.05, 0.1) is 19.1 Å². The van der Waals surface area contributed by atoms with Crippen LogP contribution in [0.2, 0.25) is 0 Å². The van der Waals surface area contributed by atoms with Gasteiger partial charge >= 0.3 is 0 Å². The summed E-state index contributed by atoms with van der Waals surface area (Å²) in [6.07, 6.45) is 3.47. The highest BCUT2D eigenvalue weighted by Gasteiger charge is 2.27. The molecular weight excluding hydrogens is 297 g/mol. The zero-order valence-corrected chi connectivity index (χ0v) is 13.8. The molecule has 0 saturated carbocycles. The van der Waals surface area contributed by atoms with Gasteiger partial charge in [-0.1, -0.05) is 0 Å². The molecule has 2 aromatic heterocycles. The molecule has 2 atom stereocenters. The quantitative estimate of drug-likeness (QED) is 0.845. The molecular formula is C15H24FN7. The molecule has 0 radical (unpaired) electrons. The maximum Gasteiger partial charge on any atom is 0.167 e. The number of aromatic nitrogens is 5. The summed E-state index contributed by atoms with van der Waals surface area (Å²) in [6.45, 7) is 6.03. The van der Waals surface area contributed by atoms with Crippen LogP contribution in [0.4, 0.5) is 4.39 Å². The molecule has 3 heterocycles. The number of halogens is 1. The zero-order valence-electron chi connectivity index (χ0n) is 13.8. The van der Waals surface area contributed by atoms with E-state index in [1.54, 1.807) is 0 Å². The van der Waals surface area contributed by atoms with Crippen molar-refractivity contribution >= 4 is 0 Å². The van der Waals surface area contributed by atoms with E-state index in [9.17, 15) is 4.39 Å². The molecule has 1 saturated heterocycles. The van der Waals surface area contributed by atoms with E-state index in [-0.39, 0.29) is 6.04 Å². The van der Waals surface area contributed by atoms with Crippen LogP contribution in [-0.2, 0) is 13.1 Å². The average Bonchev–Trinajstić information content (AvgIpc) is 3.19. The summed E-state index contributed by atoms with van der Waals surface area (Å²) in [5, 5.41) is 10.3. The highest BCUT2D eigenvalue weighted by atomic mass is 19.1. The molecule has 8 heteroatoms. The molecule has 0 bridgehead atoms. The van der Waals surface area contributed by atoms with Crippen molar-refractivity contribution in [2.45, 2.75) is 51.6 Å². The standard InChI is InChI=1S/C15H24FN7/c1-10(2)23-5-4-17-14(23)9-22(3)8-13-19-15(21-20-13)12-6-11(16)7-18-12/h4-5,10-12,18H,6-9H2,1-3H3,(H,19,20,21)/t11-,12+/m0/s1. The number of nitrogens with zero attached hydrogens (tertiary/aromatic N) is 5. The first-order valence-corrected chi connectivity index (χ1v) is 8.01. The Kier molecular flexibility index (Phi) is 4.72. The fourth-order valence-electron chi connectivity index (χ4n) is 2.92. The molecule has 23 heavy (non-hydrogen) atoms. The van der Waals surface area contributed by atoms with Gasteiger partial charge in [-0.25, -0.2) is 14.4 Å². The van der Waals surface area contributed by atoms with Crippen molar-refractivity contribution in [2.75, 3.05) is 13.6 Å². The first-order chi connectivity index (χ1) is 11.0. The Labute approximate surface area is 135 Å². The summed E-state index contributed by atoms with van der Waals surface area (Å²) in [7, 11) is 2.02. The first kappa shape index (κ1) is 16.1. The molecule has 2 N–H and O–H groups in total. The minimum atomic E-state index is -0.806. The Bertz CT molecular complexity index is 635. The molecule has 126 valence electrons. The third-order valence-electron chi connectivity index (χ3n) is 4.07. The number of H-pyrrole nitrogens is 1. The van der Waals surface area contributed by atoms with Gasteiger partial charge in [0, 0.05) is 31.4 Å². The second-order valence-electron chi connectivity index (χ2n) is 6.45. The summed E-state index contributed by atoms with van der Waals surface area (Å²) < 4.78 is 15.4. The lowest BCUT2D eigenvalue weighted by Crippen LogP contribution is -2.21. The number of imidazole rings is 1. The second kappa shape index (κ2) is 6.76. The van der Waals surface area contributed by atoms with Gasteiger partial charge in [0.1, 0.15) is 17.8 Å². The molecule has 0 aromatic carbocycles. The van der Waals surface area contributed by atoms with Crippen molar-refractivity contribution in [1.82, 2.24) is 34.9 Å². The molecule has 0 spiro atoms. The lowest BCUT2D eigenvalue weighted by molar-refractivity contribution is 0.295. The Morgan fingerprint density at radius 2 is 2.26 bits per heavy atom. The van der Waals surface area contributed by atoms with Crippen LogP contribution < -0.4 is 5.32 Å². The molecule has 0 aliphatic carbocycles. The van der Waals surface area contributed by atoms with Crippen molar-refractivity contribution in [3.63, 3.8) is 0 Å². The smallest absolute Gasteiger partial charge is 0.167 e. The highest BCUT2D eigenvalue weighted by molar-refractivity contribution is 5.01. The van der Waals surface area contributed by atoms with Crippen LogP contribution in [0, 0.1) is 0 Å².